The Morgan fingerprint density at radius 1 is 1.00 bits per heavy atom. The molecule has 6 heteroatoms. The van der Waals surface area contributed by atoms with Gasteiger partial charge in [0.15, 0.2) is 23.2 Å². The quantitative estimate of drug-likeness (QED) is 0.450. The van der Waals surface area contributed by atoms with Crippen molar-refractivity contribution in [1.29, 1.82) is 0 Å². The van der Waals surface area contributed by atoms with E-state index in [1.165, 1.54) is 0 Å². The molecule has 0 saturated heterocycles. The van der Waals surface area contributed by atoms with Crippen molar-refractivity contribution in [3.8, 4) is 16.9 Å². The second-order valence-corrected chi connectivity index (χ2v) is 9.31. The van der Waals surface area contributed by atoms with Gasteiger partial charge in [0.25, 0.3) is 0 Å². The van der Waals surface area contributed by atoms with Crippen LogP contribution in [0.3, 0.4) is 0 Å². The van der Waals surface area contributed by atoms with Crippen molar-refractivity contribution in [3.63, 3.8) is 0 Å². The van der Waals surface area contributed by atoms with Crippen molar-refractivity contribution in [3.05, 3.63) is 53.7 Å². The normalized spacial score (nSPS) is 21.0. The van der Waals surface area contributed by atoms with Crippen molar-refractivity contribution >= 4 is 22.4 Å². The Kier molecular flexibility index (Phi) is 5.31. The number of hydrogen-bond donors (Lipinski definition) is 2. The van der Waals surface area contributed by atoms with Crippen LogP contribution in [-0.2, 0) is 0 Å². The first-order valence-corrected chi connectivity index (χ1v) is 11.3. The largest absolute Gasteiger partial charge is 0.503 e. The Morgan fingerprint density at radius 2 is 1.69 bits per heavy atom. The Bertz CT molecular complexity index is 1170. The van der Waals surface area contributed by atoms with E-state index in [-0.39, 0.29) is 17.7 Å². The summed E-state index contributed by atoms with van der Waals surface area (Å²) < 4.78 is 27.9. The summed E-state index contributed by atoms with van der Waals surface area (Å²) in [5.41, 5.74) is 2.99. The minimum atomic E-state index is -1.01. The molecule has 0 atom stereocenters. The summed E-state index contributed by atoms with van der Waals surface area (Å²) in [5.74, 6) is -2.12. The van der Waals surface area contributed by atoms with Crippen LogP contribution in [0.1, 0.15) is 55.8 Å². The highest BCUT2D eigenvalue weighted by atomic mass is 19.1. The molecule has 2 aromatic carbocycles. The first kappa shape index (κ1) is 20.9. The minimum absolute atomic E-state index is 0.0599. The maximum absolute atomic E-state index is 14.0. The fourth-order valence-corrected chi connectivity index (χ4v) is 4.62. The molecule has 0 bridgehead atoms. The van der Waals surface area contributed by atoms with Crippen molar-refractivity contribution in [2.75, 3.05) is 5.32 Å². The third-order valence-corrected chi connectivity index (χ3v) is 6.80. The summed E-state index contributed by atoms with van der Waals surface area (Å²) in [7, 11) is 0. The molecule has 2 saturated carbocycles. The minimum Gasteiger partial charge on any atom is -0.503 e. The number of anilines is 1. The van der Waals surface area contributed by atoms with Gasteiger partial charge in [0.1, 0.15) is 0 Å². The van der Waals surface area contributed by atoms with E-state index in [4.69, 9.17) is 0 Å². The SMILES string of the molecule is CC1CCC(Nc2c(C(=O)C3CC3)cnc3ccc(-c4cc(F)c(O)c(F)c4)cc23)CC1. The number of carbonyl (C=O) groups is 1. The summed E-state index contributed by atoms with van der Waals surface area (Å²) in [6.45, 7) is 2.27. The molecule has 0 aliphatic heterocycles. The summed E-state index contributed by atoms with van der Waals surface area (Å²) in [4.78, 5) is 17.6. The lowest BCUT2D eigenvalue weighted by Gasteiger charge is -2.29. The van der Waals surface area contributed by atoms with Crippen molar-refractivity contribution in [2.24, 2.45) is 11.8 Å². The molecule has 2 aliphatic carbocycles. The molecular formula is C26H26F2N2O2. The lowest BCUT2D eigenvalue weighted by Crippen LogP contribution is -2.26. The molecule has 0 amide bonds. The van der Waals surface area contributed by atoms with E-state index in [1.807, 2.05) is 6.07 Å². The summed E-state index contributed by atoms with van der Waals surface area (Å²) in [6, 6.07) is 7.87. The van der Waals surface area contributed by atoms with Gasteiger partial charge < -0.3 is 10.4 Å². The molecule has 5 rings (SSSR count). The number of fused-ring (bicyclic) bond motifs is 1. The molecule has 166 valence electrons. The number of aromatic hydroxyl groups is 1. The van der Waals surface area contributed by atoms with Gasteiger partial charge in [-0.25, -0.2) is 8.78 Å². The van der Waals surface area contributed by atoms with Crippen LogP contribution in [0.15, 0.2) is 36.5 Å². The van der Waals surface area contributed by atoms with E-state index in [0.717, 1.165) is 61.7 Å². The smallest absolute Gasteiger partial charge is 0.187 e. The molecule has 1 heterocycles. The first-order chi connectivity index (χ1) is 15.4. The van der Waals surface area contributed by atoms with Crippen LogP contribution < -0.4 is 5.32 Å². The number of hydrogen-bond acceptors (Lipinski definition) is 4. The highest BCUT2D eigenvalue weighted by Gasteiger charge is 2.33. The van der Waals surface area contributed by atoms with Crippen molar-refractivity contribution < 1.29 is 18.7 Å². The molecule has 32 heavy (non-hydrogen) atoms. The van der Waals surface area contributed by atoms with Gasteiger partial charge in [-0.1, -0.05) is 13.0 Å². The molecule has 1 aromatic heterocycles. The van der Waals surface area contributed by atoms with Gasteiger partial charge in [0, 0.05) is 23.5 Å². The summed E-state index contributed by atoms with van der Waals surface area (Å²) >= 11 is 0. The number of phenols is 1. The fourth-order valence-electron chi connectivity index (χ4n) is 4.62. The number of nitrogens with one attached hydrogen (secondary N) is 1. The monoisotopic (exact) mass is 436 g/mol. The van der Waals surface area contributed by atoms with Crippen LogP contribution in [0.4, 0.5) is 14.5 Å². The van der Waals surface area contributed by atoms with Gasteiger partial charge in [-0.15, -0.1) is 0 Å². The number of carbonyl (C=O) groups excluding carboxylic acids is 1. The number of halogens is 2. The van der Waals surface area contributed by atoms with Crippen molar-refractivity contribution in [1.82, 2.24) is 4.98 Å². The molecular weight excluding hydrogens is 410 g/mol. The number of Topliss-reactive ketones (excluding diaryl/α,β-unsaturated/α-hetero) is 1. The lowest BCUT2D eigenvalue weighted by molar-refractivity contribution is 0.0968. The standard InChI is InChI=1S/C26H26F2N2O2/c1-14-2-7-18(8-3-14)30-24-19-10-16(17-11-21(27)26(32)22(28)12-17)6-9-23(19)29-13-20(24)25(31)15-4-5-15/h6,9-15,18,32H,2-5,7-8H2,1H3,(H,29,30). The number of benzene rings is 2. The highest BCUT2D eigenvalue weighted by Crippen LogP contribution is 2.39. The predicted molar refractivity (Wildman–Crippen MR) is 121 cm³/mol. The second kappa shape index (κ2) is 8.15. The Labute approximate surface area is 185 Å². The van der Waals surface area contributed by atoms with E-state index in [9.17, 15) is 18.7 Å². The first-order valence-electron chi connectivity index (χ1n) is 11.3. The third-order valence-electron chi connectivity index (χ3n) is 6.80. The lowest BCUT2D eigenvalue weighted by atomic mass is 9.87. The molecule has 2 fully saturated rings. The fraction of sp³-hybridized carbons (Fsp3) is 0.385. The Hall–Kier alpha value is -3.02. The zero-order valence-corrected chi connectivity index (χ0v) is 18.0. The topological polar surface area (TPSA) is 62.2 Å². The number of rotatable bonds is 5. The predicted octanol–water partition coefficient (Wildman–Crippen LogP) is 6.47. The molecule has 0 spiro atoms. The molecule has 0 radical (unpaired) electrons. The maximum atomic E-state index is 14.0. The third kappa shape index (κ3) is 3.94. The van der Waals surface area contributed by atoms with Crippen LogP contribution in [0.25, 0.3) is 22.0 Å². The van der Waals surface area contributed by atoms with Gasteiger partial charge in [0.2, 0.25) is 0 Å². The Balaban J connectivity index is 1.62. The highest BCUT2D eigenvalue weighted by molar-refractivity contribution is 6.10. The van der Waals surface area contributed by atoms with Gasteiger partial charge in [-0.2, -0.15) is 0 Å². The zero-order valence-electron chi connectivity index (χ0n) is 18.0. The zero-order chi connectivity index (χ0) is 22.4. The maximum Gasteiger partial charge on any atom is 0.187 e. The van der Waals surface area contributed by atoms with Crippen LogP contribution in [0.2, 0.25) is 0 Å². The van der Waals surface area contributed by atoms with Gasteiger partial charge >= 0.3 is 0 Å². The number of ketones is 1. The number of nitrogens with zero attached hydrogens (tertiary/aromatic N) is 1. The average molecular weight is 437 g/mol. The Morgan fingerprint density at radius 3 is 2.34 bits per heavy atom. The van der Waals surface area contributed by atoms with Gasteiger partial charge in [-0.05, 0) is 79.8 Å². The van der Waals surface area contributed by atoms with E-state index < -0.39 is 17.4 Å². The average Bonchev–Trinajstić information content (AvgIpc) is 3.63. The molecule has 0 unspecified atom stereocenters. The van der Waals surface area contributed by atoms with Crippen LogP contribution >= 0.6 is 0 Å². The summed E-state index contributed by atoms with van der Waals surface area (Å²) in [6.07, 6.45) is 7.84. The van der Waals surface area contributed by atoms with E-state index in [2.05, 4.69) is 17.2 Å². The van der Waals surface area contributed by atoms with E-state index in [0.29, 0.717) is 28.1 Å². The number of aromatic nitrogens is 1. The molecule has 2 aliphatic rings. The van der Waals surface area contributed by atoms with E-state index >= 15 is 0 Å². The summed E-state index contributed by atoms with van der Waals surface area (Å²) in [5, 5.41) is 13.8. The molecule has 3 aromatic rings. The molecule has 4 nitrogen and oxygen atoms in total. The van der Waals surface area contributed by atoms with Crippen LogP contribution in [0, 0.1) is 23.5 Å². The van der Waals surface area contributed by atoms with Crippen molar-refractivity contribution in [2.45, 2.75) is 51.5 Å². The van der Waals surface area contributed by atoms with E-state index in [1.54, 1.807) is 18.3 Å². The second-order valence-electron chi connectivity index (χ2n) is 9.31. The molecule has 2 N–H and O–H groups in total. The number of pyridine rings is 1. The van der Waals surface area contributed by atoms with Gasteiger partial charge in [0.05, 0.1) is 16.8 Å². The van der Waals surface area contributed by atoms with Gasteiger partial charge in [-0.3, -0.25) is 9.78 Å². The number of phenolic OH excluding ortho intramolecular Hbond substituents is 1. The van der Waals surface area contributed by atoms with Crippen LogP contribution in [-0.4, -0.2) is 21.9 Å². The van der Waals surface area contributed by atoms with Crippen LogP contribution in [0.5, 0.6) is 5.75 Å².